The van der Waals surface area contributed by atoms with Crippen molar-refractivity contribution in [3.05, 3.63) is 18.0 Å². The summed E-state index contributed by atoms with van der Waals surface area (Å²) in [5, 5.41) is 4.75. The molecule has 1 spiro atoms. The number of nitrogens with zero attached hydrogens (tertiary/aromatic N) is 4. The summed E-state index contributed by atoms with van der Waals surface area (Å²) in [5.74, 6) is 1.66. The summed E-state index contributed by atoms with van der Waals surface area (Å²) in [6.45, 7) is 3.26. The summed E-state index contributed by atoms with van der Waals surface area (Å²) >= 11 is 0. The summed E-state index contributed by atoms with van der Waals surface area (Å²) in [7, 11) is 0. The van der Waals surface area contributed by atoms with E-state index in [1.807, 2.05) is 12.4 Å². The molecule has 0 unspecified atom stereocenters. The van der Waals surface area contributed by atoms with Crippen LogP contribution < -0.4 is 5.32 Å². The Hall–Kier alpha value is -1.91. The molecule has 0 amide bonds. The predicted octanol–water partition coefficient (Wildman–Crippen LogP) is 4.51. The maximum absolute atomic E-state index is 4.99. The van der Waals surface area contributed by atoms with Crippen LogP contribution in [0.2, 0.25) is 0 Å². The van der Waals surface area contributed by atoms with Crippen LogP contribution in [-0.4, -0.2) is 33.3 Å². The molecule has 2 aromatic heterocycles. The molecular weight excluding hydrogens is 322 g/mol. The SMILES string of the molecule is C[C@H]1CC[C@@H](Nc2ncc3cc4n(c3n2)C2(CCCCC2)CN=C4)CC1. The average Bonchev–Trinajstić information content (AvgIpc) is 3.04. The molecule has 2 aliphatic carbocycles. The van der Waals surface area contributed by atoms with Gasteiger partial charge in [0.15, 0.2) is 0 Å². The van der Waals surface area contributed by atoms with Crippen molar-refractivity contribution in [2.45, 2.75) is 76.3 Å². The van der Waals surface area contributed by atoms with Gasteiger partial charge in [0.2, 0.25) is 5.95 Å². The molecule has 1 aliphatic heterocycles. The van der Waals surface area contributed by atoms with Gasteiger partial charge >= 0.3 is 0 Å². The normalized spacial score (nSPS) is 27.6. The highest BCUT2D eigenvalue weighted by Gasteiger charge is 2.38. The van der Waals surface area contributed by atoms with Crippen molar-refractivity contribution in [3.8, 4) is 0 Å². The molecule has 138 valence electrons. The first-order chi connectivity index (χ1) is 12.7. The van der Waals surface area contributed by atoms with E-state index in [1.54, 1.807) is 0 Å². The molecule has 0 atom stereocenters. The predicted molar refractivity (Wildman–Crippen MR) is 106 cm³/mol. The fourth-order valence-electron chi connectivity index (χ4n) is 5.23. The van der Waals surface area contributed by atoms with Crippen LogP contribution in [0.5, 0.6) is 0 Å². The second-order valence-corrected chi connectivity index (χ2v) is 8.73. The number of hydrogen-bond donors (Lipinski definition) is 1. The number of hydrogen-bond acceptors (Lipinski definition) is 4. The second-order valence-electron chi connectivity index (χ2n) is 8.73. The van der Waals surface area contributed by atoms with Gasteiger partial charge in [0.1, 0.15) is 5.65 Å². The Balaban J connectivity index is 1.50. The van der Waals surface area contributed by atoms with E-state index < -0.39 is 0 Å². The van der Waals surface area contributed by atoms with E-state index in [0.29, 0.717) is 6.04 Å². The van der Waals surface area contributed by atoms with Gasteiger partial charge in [0.05, 0.1) is 17.8 Å². The number of fused-ring (bicyclic) bond motifs is 4. The first-order valence-electron chi connectivity index (χ1n) is 10.4. The van der Waals surface area contributed by atoms with Crippen LogP contribution in [-0.2, 0) is 5.54 Å². The van der Waals surface area contributed by atoms with Crippen LogP contribution in [0.15, 0.2) is 17.3 Å². The van der Waals surface area contributed by atoms with Crippen molar-refractivity contribution < 1.29 is 0 Å². The highest BCUT2D eigenvalue weighted by molar-refractivity contribution is 5.90. The van der Waals surface area contributed by atoms with Crippen molar-refractivity contribution in [2.24, 2.45) is 10.9 Å². The molecule has 2 saturated carbocycles. The largest absolute Gasteiger partial charge is 0.351 e. The number of rotatable bonds is 2. The van der Waals surface area contributed by atoms with Gasteiger partial charge in [-0.05, 0) is 50.5 Å². The summed E-state index contributed by atoms with van der Waals surface area (Å²) in [6, 6.07) is 2.73. The Bertz CT molecular complexity index is 822. The van der Waals surface area contributed by atoms with E-state index in [1.165, 1.54) is 63.5 Å². The Kier molecular flexibility index (Phi) is 3.98. The third-order valence-corrected chi connectivity index (χ3v) is 6.79. The first kappa shape index (κ1) is 16.3. The van der Waals surface area contributed by atoms with Crippen LogP contribution in [0.25, 0.3) is 11.0 Å². The van der Waals surface area contributed by atoms with E-state index in [2.05, 4.69) is 27.9 Å². The minimum absolute atomic E-state index is 0.135. The molecular formula is C21H29N5. The Labute approximate surface area is 155 Å². The Morgan fingerprint density at radius 3 is 2.73 bits per heavy atom. The van der Waals surface area contributed by atoms with Crippen LogP contribution >= 0.6 is 0 Å². The van der Waals surface area contributed by atoms with Crippen molar-refractivity contribution in [3.63, 3.8) is 0 Å². The maximum atomic E-state index is 4.99. The first-order valence-corrected chi connectivity index (χ1v) is 10.4. The molecule has 1 N–H and O–H groups in total. The highest BCUT2D eigenvalue weighted by Crippen LogP contribution is 2.40. The van der Waals surface area contributed by atoms with E-state index in [0.717, 1.165) is 29.4 Å². The molecule has 3 aliphatic rings. The smallest absolute Gasteiger partial charge is 0.224 e. The van der Waals surface area contributed by atoms with E-state index in [4.69, 9.17) is 9.98 Å². The maximum Gasteiger partial charge on any atom is 0.224 e. The van der Waals surface area contributed by atoms with Gasteiger partial charge in [-0.15, -0.1) is 0 Å². The quantitative estimate of drug-likeness (QED) is 0.866. The minimum Gasteiger partial charge on any atom is -0.351 e. The molecule has 26 heavy (non-hydrogen) atoms. The van der Waals surface area contributed by atoms with Crippen LogP contribution in [0.4, 0.5) is 5.95 Å². The van der Waals surface area contributed by atoms with Crippen LogP contribution in [0.3, 0.4) is 0 Å². The van der Waals surface area contributed by atoms with Crippen molar-refractivity contribution in [2.75, 3.05) is 11.9 Å². The summed E-state index contributed by atoms with van der Waals surface area (Å²) in [4.78, 5) is 14.3. The Morgan fingerprint density at radius 1 is 1.12 bits per heavy atom. The van der Waals surface area contributed by atoms with Crippen LogP contribution in [0.1, 0.15) is 70.4 Å². The molecule has 5 heteroatoms. The number of nitrogens with one attached hydrogen (secondary N) is 1. The molecule has 2 fully saturated rings. The third kappa shape index (κ3) is 2.72. The standard InChI is InChI=1S/C21H29N5/c1-15-5-7-17(8-6-15)24-20-23-12-16-11-18-13-22-14-21(9-3-2-4-10-21)26(18)19(16)25-20/h11-13,15,17H,2-10,14H2,1H3,(H,23,24,25)/t15-,17+. The number of anilines is 1. The molecule has 0 saturated heterocycles. The molecule has 5 nitrogen and oxygen atoms in total. The molecule has 3 heterocycles. The second kappa shape index (κ2) is 6.36. The van der Waals surface area contributed by atoms with Gasteiger partial charge in [-0.25, -0.2) is 4.98 Å². The molecule has 2 aromatic rings. The number of aromatic nitrogens is 3. The summed E-state index contributed by atoms with van der Waals surface area (Å²) < 4.78 is 2.49. The fraction of sp³-hybridized carbons (Fsp3) is 0.667. The summed E-state index contributed by atoms with van der Waals surface area (Å²) in [6.07, 6.45) is 15.5. The van der Waals surface area contributed by atoms with Gasteiger partial charge in [-0.3, -0.25) is 4.99 Å². The summed E-state index contributed by atoms with van der Waals surface area (Å²) in [5.41, 5.74) is 2.43. The van der Waals surface area contributed by atoms with E-state index in [-0.39, 0.29) is 5.54 Å². The van der Waals surface area contributed by atoms with Gasteiger partial charge < -0.3 is 9.88 Å². The number of aliphatic imine (C=N–C) groups is 1. The van der Waals surface area contributed by atoms with E-state index >= 15 is 0 Å². The van der Waals surface area contributed by atoms with Crippen molar-refractivity contribution >= 4 is 23.2 Å². The van der Waals surface area contributed by atoms with Crippen LogP contribution in [0, 0.1) is 5.92 Å². The zero-order chi connectivity index (χ0) is 17.6. The van der Waals surface area contributed by atoms with Crippen molar-refractivity contribution in [1.82, 2.24) is 14.5 Å². The lowest BCUT2D eigenvalue weighted by Crippen LogP contribution is -2.42. The molecule has 5 rings (SSSR count). The van der Waals surface area contributed by atoms with E-state index in [9.17, 15) is 0 Å². The van der Waals surface area contributed by atoms with Gasteiger partial charge in [0, 0.05) is 23.8 Å². The van der Waals surface area contributed by atoms with Gasteiger partial charge in [-0.1, -0.05) is 26.2 Å². The zero-order valence-corrected chi connectivity index (χ0v) is 15.7. The van der Waals surface area contributed by atoms with Gasteiger partial charge in [-0.2, -0.15) is 4.98 Å². The fourth-order valence-corrected chi connectivity index (χ4v) is 5.23. The third-order valence-electron chi connectivity index (χ3n) is 6.79. The lowest BCUT2D eigenvalue weighted by atomic mass is 9.80. The molecule has 0 aromatic carbocycles. The lowest BCUT2D eigenvalue weighted by molar-refractivity contribution is 0.204. The average molecular weight is 351 g/mol. The monoisotopic (exact) mass is 351 g/mol. The van der Waals surface area contributed by atoms with Gasteiger partial charge in [0.25, 0.3) is 0 Å². The molecule has 0 bridgehead atoms. The molecule has 0 radical (unpaired) electrons. The highest BCUT2D eigenvalue weighted by atomic mass is 15.2. The topological polar surface area (TPSA) is 55.1 Å². The zero-order valence-electron chi connectivity index (χ0n) is 15.7. The lowest BCUT2D eigenvalue weighted by Gasteiger charge is -2.40. The van der Waals surface area contributed by atoms with Crippen molar-refractivity contribution in [1.29, 1.82) is 0 Å². The minimum atomic E-state index is 0.135. The Morgan fingerprint density at radius 2 is 1.92 bits per heavy atom.